The molecule has 1 nitrogen and oxygen atoms in total. The zero-order valence-electron chi connectivity index (χ0n) is 7.48. The number of para-hydroxylation sites is 1. The van der Waals surface area contributed by atoms with E-state index in [2.05, 4.69) is 0 Å². The lowest BCUT2D eigenvalue weighted by Crippen LogP contribution is -2.01. The second kappa shape index (κ2) is 6.62. The number of phenols is 1. The van der Waals surface area contributed by atoms with Gasteiger partial charge in [0.2, 0.25) is 3.79 Å². The second-order valence-corrected chi connectivity index (χ2v) is 5.32. The first-order valence-electron chi connectivity index (χ1n) is 3.74. The standard InChI is InChI=1S/C7H8O.C2H2Cl4/c1-6-4-2-3-5-7(6)8;3-1-2(4,5)6/h2-5,8H,1H3;1H2. The molecule has 0 amide bonds. The van der Waals surface area contributed by atoms with Crippen molar-refractivity contribution in [3.63, 3.8) is 0 Å². The van der Waals surface area contributed by atoms with Crippen LogP contribution in [0.25, 0.3) is 0 Å². The zero-order chi connectivity index (χ0) is 11.2. The van der Waals surface area contributed by atoms with Gasteiger partial charge in [-0.3, -0.25) is 0 Å². The van der Waals surface area contributed by atoms with E-state index in [0.717, 1.165) is 5.56 Å². The Labute approximate surface area is 104 Å². The topological polar surface area (TPSA) is 20.2 Å². The molecule has 80 valence electrons. The number of benzene rings is 1. The van der Waals surface area contributed by atoms with Gasteiger partial charge in [-0.2, -0.15) is 0 Å². The van der Waals surface area contributed by atoms with Gasteiger partial charge in [-0.15, -0.1) is 11.6 Å². The van der Waals surface area contributed by atoms with Crippen LogP contribution in [0.4, 0.5) is 0 Å². The van der Waals surface area contributed by atoms with Gasteiger partial charge >= 0.3 is 0 Å². The summed E-state index contributed by atoms with van der Waals surface area (Å²) in [6.45, 7) is 1.87. The van der Waals surface area contributed by atoms with E-state index in [9.17, 15) is 0 Å². The Morgan fingerprint density at radius 1 is 1.21 bits per heavy atom. The molecule has 0 aliphatic rings. The van der Waals surface area contributed by atoms with Crippen LogP contribution in [0.3, 0.4) is 0 Å². The van der Waals surface area contributed by atoms with E-state index in [1.54, 1.807) is 6.07 Å². The third-order valence-electron chi connectivity index (χ3n) is 1.27. The highest BCUT2D eigenvalue weighted by Gasteiger charge is 2.16. The molecule has 0 aromatic heterocycles. The van der Waals surface area contributed by atoms with Crippen LogP contribution in [0.2, 0.25) is 0 Å². The second-order valence-electron chi connectivity index (χ2n) is 2.54. The maximum Gasteiger partial charge on any atom is 0.203 e. The van der Waals surface area contributed by atoms with Crippen molar-refractivity contribution in [3.8, 4) is 5.75 Å². The highest BCUT2D eigenvalue weighted by Crippen LogP contribution is 2.26. The van der Waals surface area contributed by atoms with Crippen molar-refractivity contribution >= 4 is 46.4 Å². The average Bonchev–Trinajstić information content (AvgIpc) is 2.10. The molecule has 1 aromatic carbocycles. The Morgan fingerprint density at radius 2 is 1.64 bits per heavy atom. The van der Waals surface area contributed by atoms with Crippen LogP contribution in [0, 0.1) is 6.92 Å². The smallest absolute Gasteiger partial charge is 0.203 e. The fourth-order valence-corrected chi connectivity index (χ4v) is 0.563. The third kappa shape index (κ3) is 7.57. The summed E-state index contributed by atoms with van der Waals surface area (Å²) in [7, 11) is 0. The van der Waals surface area contributed by atoms with Gasteiger partial charge in [0.15, 0.2) is 0 Å². The predicted octanol–water partition coefficient (Wildman–Crippen LogP) is 4.30. The van der Waals surface area contributed by atoms with Gasteiger partial charge in [-0.05, 0) is 18.6 Å². The predicted molar refractivity (Wildman–Crippen MR) is 63.9 cm³/mol. The van der Waals surface area contributed by atoms with E-state index < -0.39 is 3.79 Å². The van der Waals surface area contributed by atoms with Crippen LogP contribution in [0.1, 0.15) is 5.56 Å². The molecule has 0 spiro atoms. The molecule has 1 N–H and O–H groups in total. The molecule has 0 fully saturated rings. The summed E-state index contributed by atoms with van der Waals surface area (Å²) in [6, 6.07) is 7.25. The first-order valence-corrected chi connectivity index (χ1v) is 5.41. The van der Waals surface area contributed by atoms with Gasteiger partial charge in [-0.1, -0.05) is 53.0 Å². The SMILES string of the molecule is Cc1ccccc1O.ClCC(Cl)(Cl)Cl. The van der Waals surface area contributed by atoms with Gasteiger partial charge in [0.05, 0.1) is 5.88 Å². The Balaban J connectivity index is 0.000000255. The van der Waals surface area contributed by atoms with Crippen molar-refractivity contribution in [1.29, 1.82) is 0 Å². The molecule has 0 radical (unpaired) electrons. The number of aryl methyl sites for hydroxylation is 1. The molecule has 5 heteroatoms. The van der Waals surface area contributed by atoms with Gasteiger partial charge < -0.3 is 5.11 Å². The lowest BCUT2D eigenvalue weighted by molar-refractivity contribution is 0.471. The van der Waals surface area contributed by atoms with Gasteiger partial charge in [-0.25, -0.2) is 0 Å². The average molecular weight is 276 g/mol. The normalized spacial score (nSPS) is 10.4. The monoisotopic (exact) mass is 274 g/mol. The van der Waals surface area contributed by atoms with E-state index in [1.807, 2.05) is 25.1 Å². The molecule has 0 saturated carbocycles. The van der Waals surface area contributed by atoms with Crippen molar-refractivity contribution in [2.45, 2.75) is 10.7 Å². The number of halogens is 4. The van der Waals surface area contributed by atoms with Crippen LogP contribution in [-0.4, -0.2) is 14.8 Å². The van der Waals surface area contributed by atoms with E-state index >= 15 is 0 Å². The van der Waals surface area contributed by atoms with Crippen molar-refractivity contribution < 1.29 is 5.11 Å². The lowest BCUT2D eigenvalue weighted by Gasteiger charge is -2.00. The van der Waals surface area contributed by atoms with E-state index in [4.69, 9.17) is 51.5 Å². The number of aromatic hydroxyl groups is 1. The number of rotatable bonds is 0. The number of hydrogen-bond acceptors (Lipinski definition) is 1. The van der Waals surface area contributed by atoms with Crippen molar-refractivity contribution in [2.24, 2.45) is 0 Å². The van der Waals surface area contributed by atoms with Crippen LogP contribution >= 0.6 is 46.4 Å². The highest BCUT2D eigenvalue weighted by molar-refractivity contribution is 6.69. The Bertz CT molecular complexity index is 249. The van der Waals surface area contributed by atoms with Crippen LogP contribution < -0.4 is 0 Å². The van der Waals surface area contributed by atoms with Crippen molar-refractivity contribution in [1.82, 2.24) is 0 Å². The van der Waals surface area contributed by atoms with Crippen LogP contribution in [0.15, 0.2) is 24.3 Å². The summed E-state index contributed by atoms with van der Waals surface area (Å²) in [6.07, 6.45) is 0. The van der Waals surface area contributed by atoms with E-state index in [-0.39, 0.29) is 5.88 Å². The molecule has 1 rings (SSSR count). The van der Waals surface area contributed by atoms with Gasteiger partial charge in [0.25, 0.3) is 0 Å². The number of alkyl halides is 4. The van der Waals surface area contributed by atoms with Crippen molar-refractivity contribution in [3.05, 3.63) is 29.8 Å². The summed E-state index contributed by atoms with van der Waals surface area (Å²) < 4.78 is -1.28. The molecule has 0 saturated heterocycles. The van der Waals surface area contributed by atoms with Crippen LogP contribution in [0.5, 0.6) is 5.75 Å². The molecule has 14 heavy (non-hydrogen) atoms. The molecular weight excluding hydrogens is 266 g/mol. The van der Waals surface area contributed by atoms with Gasteiger partial charge in [0, 0.05) is 0 Å². The maximum absolute atomic E-state index is 8.92. The fourth-order valence-electron chi connectivity index (χ4n) is 0.563. The molecule has 0 atom stereocenters. The minimum absolute atomic E-state index is 0.0394. The minimum Gasteiger partial charge on any atom is -0.508 e. The summed E-state index contributed by atoms with van der Waals surface area (Å²) in [5.74, 6) is 0.407. The minimum atomic E-state index is -1.28. The Morgan fingerprint density at radius 3 is 1.86 bits per heavy atom. The zero-order valence-corrected chi connectivity index (χ0v) is 10.5. The fraction of sp³-hybridized carbons (Fsp3) is 0.333. The first kappa shape index (κ1) is 14.2. The summed E-state index contributed by atoms with van der Waals surface area (Å²) in [4.78, 5) is 0. The molecule has 1 aromatic rings. The molecule has 0 aliphatic heterocycles. The molecule has 0 unspecified atom stereocenters. The molecular formula is C9H10Cl4O. The number of phenolic OH excluding ortho intramolecular Hbond substituents is 1. The third-order valence-corrected chi connectivity index (χ3v) is 2.48. The molecule has 0 bridgehead atoms. The quantitative estimate of drug-likeness (QED) is 0.700. The Kier molecular flexibility index (Phi) is 6.71. The first-order chi connectivity index (χ1) is 6.37. The number of hydrogen-bond donors (Lipinski definition) is 1. The lowest BCUT2D eigenvalue weighted by atomic mass is 10.2. The van der Waals surface area contributed by atoms with Gasteiger partial charge in [0.1, 0.15) is 5.75 Å². The van der Waals surface area contributed by atoms with Crippen LogP contribution in [-0.2, 0) is 0 Å². The molecule has 0 aliphatic carbocycles. The molecule has 0 heterocycles. The highest BCUT2D eigenvalue weighted by atomic mass is 35.6. The van der Waals surface area contributed by atoms with E-state index in [1.165, 1.54) is 0 Å². The summed E-state index contributed by atoms with van der Waals surface area (Å²) in [5, 5.41) is 8.92. The van der Waals surface area contributed by atoms with Crippen molar-refractivity contribution in [2.75, 3.05) is 5.88 Å². The van der Waals surface area contributed by atoms with E-state index in [0.29, 0.717) is 5.75 Å². The maximum atomic E-state index is 8.92. The summed E-state index contributed by atoms with van der Waals surface area (Å²) in [5.41, 5.74) is 0.924. The largest absolute Gasteiger partial charge is 0.508 e. The summed E-state index contributed by atoms with van der Waals surface area (Å²) >= 11 is 20.4. The Hall–Kier alpha value is 0.180.